The van der Waals surface area contributed by atoms with Crippen LogP contribution in [0.15, 0.2) is 47.1 Å². The quantitative estimate of drug-likeness (QED) is 0.587. The third-order valence-electron chi connectivity index (χ3n) is 4.82. The molecule has 0 bridgehead atoms. The van der Waals surface area contributed by atoms with Crippen molar-refractivity contribution in [1.29, 1.82) is 0 Å². The number of carbonyl (C=O) groups excluding carboxylic acids is 2. The molecule has 1 N–H and O–H groups in total. The Labute approximate surface area is 159 Å². The Kier molecular flexibility index (Phi) is 6.40. The third-order valence-corrected chi connectivity index (χ3v) is 4.82. The molecule has 6 heteroatoms. The van der Waals surface area contributed by atoms with Crippen molar-refractivity contribution in [2.45, 2.75) is 45.4 Å². The van der Waals surface area contributed by atoms with Crippen LogP contribution in [0.1, 0.15) is 51.0 Å². The molecule has 3 rings (SSSR count). The van der Waals surface area contributed by atoms with E-state index < -0.39 is 11.9 Å². The molecule has 1 aliphatic carbocycles. The Morgan fingerprint density at radius 1 is 1.30 bits per heavy atom. The summed E-state index contributed by atoms with van der Waals surface area (Å²) in [6.45, 7) is 5.08. The fraction of sp³-hybridized carbons (Fsp3) is 0.476. The van der Waals surface area contributed by atoms with E-state index in [2.05, 4.69) is 10.3 Å². The number of allylic oxidation sites excluding steroid dienone is 3. The van der Waals surface area contributed by atoms with Gasteiger partial charge in [0, 0.05) is 48.3 Å². The van der Waals surface area contributed by atoms with Crippen molar-refractivity contribution in [3.8, 4) is 0 Å². The number of carbonyl (C=O) groups is 2. The highest BCUT2D eigenvalue weighted by molar-refractivity contribution is 6.03. The first-order valence-corrected chi connectivity index (χ1v) is 9.52. The molecule has 0 radical (unpaired) electrons. The number of aromatic nitrogens is 1. The molecule has 0 saturated heterocycles. The minimum Gasteiger partial charge on any atom is -0.460 e. The molecule has 1 aromatic heterocycles. The van der Waals surface area contributed by atoms with E-state index in [9.17, 15) is 9.59 Å². The Bertz CT molecular complexity index is 768. The van der Waals surface area contributed by atoms with Gasteiger partial charge in [-0.3, -0.25) is 9.78 Å². The standard InChI is InChI=1S/C21H26N2O4/c1-3-10-26-11-12-27-21(25)18-14(2)23-16-7-4-8-17(24)20(16)19(18)15-6-5-9-22-13-15/h5-6,9,13,19,23H,3-4,7-8,10-12H2,1-2H3/t19-/m0/s1. The van der Waals surface area contributed by atoms with Gasteiger partial charge in [-0.25, -0.2) is 4.79 Å². The molecule has 0 aromatic carbocycles. The van der Waals surface area contributed by atoms with Gasteiger partial charge < -0.3 is 14.8 Å². The second kappa shape index (κ2) is 8.95. The van der Waals surface area contributed by atoms with Crippen LogP contribution >= 0.6 is 0 Å². The van der Waals surface area contributed by atoms with Crippen molar-refractivity contribution in [3.63, 3.8) is 0 Å². The highest BCUT2D eigenvalue weighted by Crippen LogP contribution is 2.42. The highest BCUT2D eigenvalue weighted by atomic mass is 16.6. The van der Waals surface area contributed by atoms with Crippen molar-refractivity contribution < 1.29 is 19.1 Å². The maximum absolute atomic E-state index is 12.9. The minimum absolute atomic E-state index is 0.0849. The smallest absolute Gasteiger partial charge is 0.336 e. The molecule has 6 nitrogen and oxygen atoms in total. The molecule has 0 unspecified atom stereocenters. The number of pyridine rings is 1. The second-order valence-corrected chi connectivity index (χ2v) is 6.80. The van der Waals surface area contributed by atoms with Gasteiger partial charge in [0.2, 0.25) is 0 Å². The number of hydrogen-bond acceptors (Lipinski definition) is 6. The number of ether oxygens (including phenoxy) is 2. The van der Waals surface area contributed by atoms with E-state index in [-0.39, 0.29) is 12.4 Å². The van der Waals surface area contributed by atoms with Crippen LogP contribution < -0.4 is 5.32 Å². The number of dihydropyridines is 1. The van der Waals surface area contributed by atoms with Gasteiger partial charge in [0.25, 0.3) is 0 Å². The van der Waals surface area contributed by atoms with E-state index in [0.29, 0.717) is 30.8 Å². The van der Waals surface area contributed by atoms with Gasteiger partial charge in [-0.2, -0.15) is 0 Å². The monoisotopic (exact) mass is 370 g/mol. The van der Waals surface area contributed by atoms with E-state index in [1.807, 2.05) is 26.0 Å². The predicted molar refractivity (Wildman–Crippen MR) is 101 cm³/mol. The maximum Gasteiger partial charge on any atom is 0.336 e. The Balaban J connectivity index is 1.88. The van der Waals surface area contributed by atoms with Gasteiger partial charge in [-0.05, 0) is 37.8 Å². The summed E-state index contributed by atoms with van der Waals surface area (Å²) in [5.74, 6) is -0.771. The van der Waals surface area contributed by atoms with Crippen molar-refractivity contribution in [1.82, 2.24) is 10.3 Å². The number of ketones is 1. The zero-order valence-electron chi connectivity index (χ0n) is 15.9. The van der Waals surface area contributed by atoms with Crippen LogP contribution in [0.3, 0.4) is 0 Å². The van der Waals surface area contributed by atoms with Crippen molar-refractivity contribution in [2.24, 2.45) is 0 Å². The average Bonchev–Trinajstić information content (AvgIpc) is 2.67. The second-order valence-electron chi connectivity index (χ2n) is 6.80. The molecule has 0 spiro atoms. The van der Waals surface area contributed by atoms with Crippen LogP contribution in [-0.4, -0.2) is 36.6 Å². The number of nitrogens with one attached hydrogen (secondary N) is 1. The summed E-state index contributed by atoms with van der Waals surface area (Å²) < 4.78 is 10.8. The first kappa shape index (κ1) is 19.3. The number of esters is 1. The lowest BCUT2D eigenvalue weighted by molar-refractivity contribution is -0.141. The molecule has 27 heavy (non-hydrogen) atoms. The lowest BCUT2D eigenvalue weighted by Crippen LogP contribution is -2.34. The van der Waals surface area contributed by atoms with E-state index in [4.69, 9.17) is 9.47 Å². The number of nitrogens with zero attached hydrogens (tertiary/aromatic N) is 1. The topological polar surface area (TPSA) is 77.5 Å². The van der Waals surface area contributed by atoms with Gasteiger partial charge in [0.15, 0.2) is 5.78 Å². The van der Waals surface area contributed by atoms with Gasteiger partial charge in [0.1, 0.15) is 6.61 Å². The van der Waals surface area contributed by atoms with Crippen molar-refractivity contribution in [3.05, 3.63) is 52.6 Å². The summed E-state index contributed by atoms with van der Waals surface area (Å²) in [6.07, 6.45) is 6.46. The van der Waals surface area contributed by atoms with Crippen molar-refractivity contribution >= 4 is 11.8 Å². The molecule has 0 amide bonds. The van der Waals surface area contributed by atoms with Crippen LogP contribution in [-0.2, 0) is 19.1 Å². The lowest BCUT2D eigenvalue weighted by Gasteiger charge is -2.34. The van der Waals surface area contributed by atoms with Crippen LogP contribution in [0.5, 0.6) is 0 Å². The number of hydrogen-bond donors (Lipinski definition) is 1. The largest absolute Gasteiger partial charge is 0.460 e. The molecule has 144 valence electrons. The molecule has 1 aliphatic heterocycles. The maximum atomic E-state index is 12.9. The summed E-state index contributed by atoms with van der Waals surface area (Å²) in [4.78, 5) is 29.8. The average molecular weight is 370 g/mol. The zero-order valence-corrected chi connectivity index (χ0v) is 15.9. The molecule has 2 heterocycles. The normalized spacial score (nSPS) is 19.6. The van der Waals surface area contributed by atoms with Crippen LogP contribution in [0.2, 0.25) is 0 Å². The van der Waals surface area contributed by atoms with Crippen LogP contribution in [0.4, 0.5) is 0 Å². The predicted octanol–water partition coefficient (Wildman–Crippen LogP) is 3.02. The first-order chi connectivity index (χ1) is 13.1. The fourth-order valence-corrected chi connectivity index (χ4v) is 3.65. The molecule has 1 aromatic rings. The van der Waals surface area contributed by atoms with E-state index in [1.165, 1.54) is 0 Å². The Morgan fingerprint density at radius 2 is 2.15 bits per heavy atom. The van der Waals surface area contributed by atoms with E-state index >= 15 is 0 Å². The number of rotatable bonds is 7. The molecular formula is C21H26N2O4. The minimum atomic E-state index is -0.438. The van der Waals surface area contributed by atoms with Gasteiger partial charge >= 0.3 is 5.97 Å². The summed E-state index contributed by atoms with van der Waals surface area (Å²) in [7, 11) is 0. The van der Waals surface area contributed by atoms with Crippen LogP contribution in [0, 0.1) is 0 Å². The third kappa shape index (κ3) is 4.27. The SMILES string of the molecule is CCCOCCOC(=O)C1=C(C)NC2=C(C(=O)CCC2)[C@H]1c1cccnc1. The van der Waals surface area contributed by atoms with Gasteiger partial charge in [-0.1, -0.05) is 13.0 Å². The molecule has 1 atom stereocenters. The van der Waals surface area contributed by atoms with Gasteiger partial charge in [0.05, 0.1) is 12.2 Å². The molecular weight excluding hydrogens is 344 g/mol. The first-order valence-electron chi connectivity index (χ1n) is 9.52. The summed E-state index contributed by atoms with van der Waals surface area (Å²) >= 11 is 0. The summed E-state index contributed by atoms with van der Waals surface area (Å²) in [5, 5.41) is 3.28. The summed E-state index contributed by atoms with van der Waals surface area (Å²) in [5.41, 5.74) is 3.63. The Hall–Kier alpha value is -2.47. The van der Waals surface area contributed by atoms with Crippen LogP contribution in [0.25, 0.3) is 0 Å². The summed E-state index contributed by atoms with van der Waals surface area (Å²) in [6, 6.07) is 3.72. The van der Waals surface area contributed by atoms with E-state index in [0.717, 1.165) is 36.2 Å². The molecule has 0 saturated carbocycles. The highest BCUT2D eigenvalue weighted by Gasteiger charge is 2.39. The zero-order chi connectivity index (χ0) is 19.2. The Morgan fingerprint density at radius 3 is 2.89 bits per heavy atom. The fourth-order valence-electron chi connectivity index (χ4n) is 3.65. The molecule has 0 fully saturated rings. The molecule has 2 aliphatic rings. The van der Waals surface area contributed by atoms with E-state index in [1.54, 1.807) is 12.4 Å². The number of Topliss-reactive ketones (excluding diaryl/α,β-unsaturated/α-hetero) is 1. The lowest BCUT2D eigenvalue weighted by atomic mass is 9.75. The van der Waals surface area contributed by atoms with Crippen molar-refractivity contribution in [2.75, 3.05) is 19.8 Å². The van der Waals surface area contributed by atoms with Gasteiger partial charge in [-0.15, -0.1) is 0 Å².